The molecule has 2 nitrogen and oxygen atoms in total. The lowest BCUT2D eigenvalue weighted by Gasteiger charge is -2.24. The molecule has 0 aliphatic carbocycles. The van der Waals surface area contributed by atoms with Gasteiger partial charge in [0, 0.05) is 12.1 Å². The van der Waals surface area contributed by atoms with E-state index in [1.165, 1.54) is 0 Å². The van der Waals surface area contributed by atoms with Gasteiger partial charge < -0.3 is 10.6 Å². The molecule has 0 saturated heterocycles. The van der Waals surface area contributed by atoms with Gasteiger partial charge in [-0.15, -0.1) is 0 Å². The lowest BCUT2D eigenvalue weighted by atomic mass is 10.0. The summed E-state index contributed by atoms with van der Waals surface area (Å²) in [5, 5.41) is 0. The van der Waals surface area contributed by atoms with Crippen LogP contribution in [-0.4, -0.2) is 30.6 Å². The van der Waals surface area contributed by atoms with Crippen molar-refractivity contribution in [2.24, 2.45) is 11.7 Å². The molecule has 0 radical (unpaired) electrons. The summed E-state index contributed by atoms with van der Waals surface area (Å²) >= 11 is 0. The highest BCUT2D eigenvalue weighted by Crippen LogP contribution is 2.04. The minimum atomic E-state index is 0.353. The van der Waals surface area contributed by atoms with Gasteiger partial charge in [0.1, 0.15) is 0 Å². The van der Waals surface area contributed by atoms with Gasteiger partial charge in [-0.05, 0) is 39.8 Å². The van der Waals surface area contributed by atoms with Gasteiger partial charge in [-0.3, -0.25) is 0 Å². The Morgan fingerprint density at radius 1 is 1.17 bits per heavy atom. The van der Waals surface area contributed by atoms with Gasteiger partial charge in [-0.2, -0.15) is 0 Å². The van der Waals surface area contributed by atoms with Crippen molar-refractivity contribution in [2.75, 3.05) is 13.6 Å². The van der Waals surface area contributed by atoms with E-state index in [1.807, 2.05) is 0 Å². The van der Waals surface area contributed by atoms with Gasteiger partial charge in [-0.25, -0.2) is 0 Å². The molecule has 0 bridgehead atoms. The summed E-state index contributed by atoms with van der Waals surface area (Å²) in [6.07, 6.45) is 1.10. The van der Waals surface area contributed by atoms with Crippen LogP contribution in [0, 0.1) is 5.92 Å². The van der Waals surface area contributed by atoms with Crippen LogP contribution in [0.4, 0.5) is 0 Å². The number of nitrogens with zero attached hydrogens (tertiary/aromatic N) is 1. The van der Waals surface area contributed by atoms with Crippen molar-refractivity contribution in [3.05, 3.63) is 0 Å². The Balaban J connectivity index is 3.54. The van der Waals surface area contributed by atoms with Crippen LogP contribution in [0.5, 0.6) is 0 Å². The smallest absolute Gasteiger partial charge is 0.00740 e. The van der Waals surface area contributed by atoms with Crippen LogP contribution in [0.25, 0.3) is 0 Å². The first kappa shape index (κ1) is 11.9. The van der Waals surface area contributed by atoms with Gasteiger partial charge in [0.25, 0.3) is 0 Å². The highest BCUT2D eigenvalue weighted by atomic mass is 15.1. The van der Waals surface area contributed by atoms with E-state index < -0.39 is 0 Å². The largest absolute Gasteiger partial charge is 0.327 e. The van der Waals surface area contributed by atoms with E-state index in [4.69, 9.17) is 5.73 Å². The van der Waals surface area contributed by atoms with E-state index >= 15 is 0 Å². The lowest BCUT2D eigenvalue weighted by Crippen LogP contribution is -2.34. The van der Waals surface area contributed by atoms with E-state index in [0.717, 1.165) is 13.0 Å². The van der Waals surface area contributed by atoms with E-state index in [9.17, 15) is 0 Å². The van der Waals surface area contributed by atoms with Gasteiger partial charge in [0.05, 0.1) is 0 Å². The summed E-state index contributed by atoms with van der Waals surface area (Å²) in [7, 11) is 2.15. The number of nitrogens with two attached hydrogens (primary N) is 1. The van der Waals surface area contributed by atoms with E-state index in [1.54, 1.807) is 0 Å². The SMILES string of the molecule is CC(C)C(N)CCN(C)C(C)C. The zero-order chi connectivity index (χ0) is 9.72. The molecule has 0 aliphatic rings. The monoisotopic (exact) mass is 172 g/mol. The minimum absolute atomic E-state index is 0.353. The summed E-state index contributed by atoms with van der Waals surface area (Å²) in [5.74, 6) is 0.602. The molecule has 1 atom stereocenters. The molecule has 74 valence electrons. The molecule has 2 N–H and O–H groups in total. The van der Waals surface area contributed by atoms with Crippen LogP contribution in [0.2, 0.25) is 0 Å². The zero-order valence-electron chi connectivity index (χ0n) is 9.17. The molecule has 0 spiro atoms. The number of hydrogen-bond acceptors (Lipinski definition) is 2. The third kappa shape index (κ3) is 4.73. The van der Waals surface area contributed by atoms with Crippen molar-refractivity contribution in [1.29, 1.82) is 0 Å². The molecule has 0 saturated carbocycles. The fourth-order valence-corrected chi connectivity index (χ4v) is 0.944. The zero-order valence-corrected chi connectivity index (χ0v) is 9.17. The topological polar surface area (TPSA) is 29.3 Å². The molecule has 0 aliphatic heterocycles. The Morgan fingerprint density at radius 2 is 1.67 bits per heavy atom. The normalized spacial score (nSPS) is 14.8. The molecule has 0 heterocycles. The minimum Gasteiger partial charge on any atom is -0.327 e. The Hall–Kier alpha value is -0.0800. The first-order valence-electron chi connectivity index (χ1n) is 4.91. The Bertz CT molecular complexity index is 96.4. The fourth-order valence-electron chi connectivity index (χ4n) is 0.944. The maximum atomic E-state index is 5.94. The van der Waals surface area contributed by atoms with E-state index in [-0.39, 0.29) is 0 Å². The summed E-state index contributed by atoms with van der Waals surface area (Å²) in [4.78, 5) is 2.34. The molecular weight excluding hydrogens is 148 g/mol. The predicted molar refractivity (Wildman–Crippen MR) is 55.2 cm³/mol. The van der Waals surface area contributed by atoms with Crippen molar-refractivity contribution in [3.8, 4) is 0 Å². The van der Waals surface area contributed by atoms with Gasteiger partial charge >= 0.3 is 0 Å². The molecular formula is C10H24N2. The third-order valence-corrected chi connectivity index (χ3v) is 2.55. The quantitative estimate of drug-likeness (QED) is 0.684. The Labute approximate surface area is 77.1 Å². The lowest BCUT2D eigenvalue weighted by molar-refractivity contribution is 0.254. The molecule has 0 aromatic rings. The average molecular weight is 172 g/mol. The standard InChI is InChI=1S/C10H24N2/c1-8(2)10(11)6-7-12(5)9(3)4/h8-10H,6-7,11H2,1-5H3. The van der Waals surface area contributed by atoms with Crippen LogP contribution in [0.15, 0.2) is 0 Å². The molecule has 0 amide bonds. The van der Waals surface area contributed by atoms with E-state index in [2.05, 4.69) is 39.6 Å². The number of hydrogen-bond donors (Lipinski definition) is 1. The number of rotatable bonds is 5. The third-order valence-electron chi connectivity index (χ3n) is 2.55. The fraction of sp³-hybridized carbons (Fsp3) is 1.00. The van der Waals surface area contributed by atoms with Gasteiger partial charge in [0.2, 0.25) is 0 Å². The average Bonchev–Trinajstić information content (AvgIpc) is 1.98. The van der Waals surface area contributed by atoms with Crippen molar-refractivity contribution in [2.45, 2.75) is 46.2 Å². The summed E-state index contributed by atoms with van der Waals surface area (Å²) in [6, 6.07) is 0.982. The highest BCUT2D eigenvalue weighted by Gasteiger charge is 2.09. The first-order valence-corrected chi connectivity index (χ1v) is 4.91. The Morgan fingerprint density at radius 3 is 2.00 bits per heavy atom. The summed E-state index contributed by atoms with van der Waals surface area (Å²) in [6.45, 7) is 9.89. The van der Waals surface area contributed by atoms with Crippen LogP contribution in [0.3, 0.4) is 0 Å². The summed E-state index contributed by atoms with van der Waals surface area (Å²) in [5.41, 5.74) is 5.94. The second-order valence-corrected chi connectivity index (χ2v) is 4.27. The van der Waals surface area contributed by atoms with Crippen molar-refractivity contribution < 1.29 is 0 Å². The van der Waals surface area contributed by atoms with Gasteiger partial charge in [0.15, 0.2) is 0 Å². The second-order valence-electron chi connectivity index (χ2n) is 4.27. The molecule has 1 unspecified atom stereocenters. The summed E-state index contributed by atoms with van der Waals surface area (Å²) < 4.78 is 0. The van der Waals surface area contributed by atoms with Crippen molar-refractivity contribution in [1.82, 2.24) is 4.90 Å². The molecule has 0 aromatic heterocycles. The van der Waals surface area contributed by atoms with Crippen LogP contribution >= 0.6 is 0 Å². The van der Waals surface area contributed by atoms with E-state index in [0.29, 0.717) is 18.0 Å². The molecule has 0 fully saturated rings. The predicted octanol–water partition coefficient (Wildman–Crippen LogP) is 1.70. The molecule has 2 heteroatoms. The van der Waals surface area contributed by atoms with Crippen LogP contribution < -0.4 is 5.73 Å². The maximum absolute atomic E-state index is 5.94. The maximum Gasteiger partial charge on any atom is 0.00740 e. The molecule has 12 heavy (non-hydrogen) atoms. The van der Waals surface area contributed by atoms with Crippen LogP contribution in [-0.2, 0) is 0 Å². The molecule has 0 aromatic carbocycles. The highest BCUT2D eigenvalue weighted by molar-refractivity contribution is 4.68. The Kier molecular flexibility index (Phi) is 5.51. The van der Waals surface area contributed by atoms with Gasteiger partial charge in [-0.1, -0.05) is 13.8 Å². The van der Waals surface area contributed by atoms with Crippen molar-refractivity contribution in [3.63, 3.8) is 0 Å². The van der Waals surface area contributed by atoms with Crippen molar-refractivity contribution >= 4 is 0 Å². The van der Waals surface area contributed by atoms with Crippen LogP contribution in [0.1, 0.15) is 34.1 Å². The second kappa shape index (κ2) is 5.55. The molecule has 0 rings (SSSR count). The first-order chi connectivity index (χ1) is 5.45.